The fourth-order valence-corrected chi connectivity index (χ4v) is 2.53. The van der Waals surface area contributed by atoms with Gasteiger partial charge in [-0.25, -0.2) is 0 Å². The van der Waals surface area contributed by atoms with E-state index >= 15 is 0 Å². The Labute approximate surface area is 132 Å². The summed E-state index contributed by atoms with van der Waals surface area (Å²) in [5, 5.41) is 2.79. The second-order valence-electron chi connectivity index (χ2n) is 5.31. The average Bonchev–Trinajstić information content (AvgIpc) is 2.53. The van der Waals surface area contributed by atoms with Gasteiger partial charge in [-0.2, -0.15) is 8.78 Å². The number of carbonyl (C=O) groups is 2. The summed E-state index contributed by atoms with van der Waals surface area (Å²) < 4.78 is 29.1. The van der Waals surface area contributed by atoms with E-state index in [0.717, 1.165) is 0 Å². The Hall–Kier alpha value is -2.38. The number of piperidine rings is 1. The first-order chi connectivity index (χ1) is 11.0. The van der Waals surface area contributed by atoms with Crippen LogP contribution in [0.5, 0.6) is 5.75 Å². The Morgan fingerprint density at radius 1 is 1.39 bits per heavy atom. The fourth-order valence-electron chi connectivity index (χ4n) is 2.53. The Morgan fingerprint density at radius 2 is 2.13 bits per heavy atom. The van der Waals surface area contributed by atoms with E-state index in [1.807, 2.05) is 0 Å². The molecule has 3 N–H and O–H groups in total. The molecule has 0 aliphatic carbocycles. The van der Waals surface area contributed by atoms with Crippen LogP contribution in [0.2, 0.25) is 0 Å². The van der Waals surface area contributed by atoms with E-state index in [1.165, 1.54) is 6.07 Å². The first-order valence-electron chi connectivity index (χ1n) is 7.32. The molecule has 0 saturated carbocycles. The molecular formula is C15H19F2N3O3. The number of halogens is 2. The summed E-state index contributed by atoms with van der Waals surface area (Å²) >= 11 is 0. The summed E-state index contributed by atoms with van der Waals surface area (Å²) in [6.07, 6.45) is 1.39. The van der Waals surface area contributed by atoms with Crippen molar-refractivity contribution in [2.75, 3.05) is 25.0 Å². The number of benzene rings is 1. The molecule has 1 aromatic carbocycles. The molecule has 23 heavy (non-hydrogen) atoms. The van der Waals surface area contributed by atoms with Gasteiger partial charge in [-0.05, 0) is 25.0 Å². The van der Waals surface area contributed by atoms with Gasteiger partial charge < -0.3 is 20.7 Å². The second kappa shape index (κ2) is 7.75. The maximum atomic E-state index is 12.3. The molecule has 2 amide bonds. The molecule has 0 unspecified atom stereocenters. The van der Waals surface area contributed by atoms with Crippen molar-refractivity contribution in [1.29, 1.82) is 0 Å². The molecule has 1 aliphatic heterocycles. The number of amides is 2. The molecule has 0 spiro atoms. The van der Waals surface area contributed by atoms with Crippen molar-refractivity contribution in [2.24, 2.45) is 11.7 Å². The zero-order chi connectivity index (χ0) is 16.8. The van der Waals surface area contributed by atoms with Gasteiger partial charge in [-0.3, -0.25) is 9.59 Å². The van der Waals surface area contributed by atoms with E-state index in [2.05, 4.69) is 10.1 Å². The molecule has 0 bridgehead atoms. The first kappa shape index (κ1) is 17.0. The monoisotopic (exact) mass is 327 g/mol. The highest BCUT2D eigenvalue weighted by atomic mass is 19.3. The van der Waals surface area contributed by atoms with Gasteiger partial charge in [0.25, 0.3) is 0 Å². The molecule has 6 nitrogen and oxygen atoms in total. The van der Waals surface area contributed by atoms with E-state index in [0.29, 0.717) is 31.6 Å². The minimum absolute atomic E-state index is 0.0241. The second-order valence-corrected chi connectivity index (χ2v) is 5.31. The lowest BCUT2D eigenvalue weighted by atomic mass is 9.97. The Bertz CT molecular complexity index is 569. The largest absolute Gasteiger partial charge is 0.433 e. The predicted octanol–water partition coefficient (Wildman–Crippen LogP) is 1.42. The van der Waals surface area contributed by atoms with Crippen LogP contribution >= 0.6 is 0 Å². The normalized spacial score (nSPS) is 17.9. The van der Waals surface area contributed by atoms with E-state index in [9.17, 15) is 18.4 Å². The highest BCUT2D eigenvalue weighted by Gasteiger charge is 2.26. The average molecular weight is 327 g/mol. The van der Waals surface area contributed by atoms with Crippen LogP contribution in [-0.2, 0) is 9.59 Å². The molecule has 1 aliphatic rings. The topological polar surface area (TPSA) is 84.7 Å². The highest BCUT2D eigenvalue weighted by molar-refractivity contribution is 5.83. The van der Waals surface area contributed by atoms with Crippen molar-refractivity contribution in [3.05, 3.63) is 24.3 Å². The molecule has 126 valence electrons. The number of nitrogens with one attached hydrogen (secondary N) is 1. The predicted molar refractivity (Wildman–Crippen MR) is 80.1 cm³/mol. The number of hydrogen-bond donors (Lipinski definition) is 2. The third-order valence-corrected chi connectivity index (χ3v) is 3.71. The van der Waals surface area contributed by atoms with E-state index in [1.54, 1.807) is 23.1 Å². The highest BCUT2D eigenvalue weighted by Crippen LogP contribution is 2.25. The Kier molecular flexibility index (Phi) is 5.72. The van der Waals surface area contributed by atoms with Crippen molar-refractivity contribution >= 4 is 17.5 Å². The third kappa shape index (κ3) is 4.80. The van der Waals surface area contributed by atoms with Crippen LogP contribution in [0.15, 0.2) is 24.3 Å². The standard InChI is InChI=1S/C15H19F2N3O3/c16-15(17)23-12-6-2-1-5-11(12)19-8-13(21)20-7-3-4-10(9-20)14(18)22/h1-2,5-6,10,15,19H,3-4,7-9H2,(H2,18,22)/t10-/m0/s1. The minimum atomic E-state index is -2.94. The van der Waals surface area contributed by atoms with Gasteiger partial charge in [0.1, 0.15) is 5.75 Å². The minimum Gasteiger partial charge on any atom is -0.433 e. The lowest BCUT2D eigenvalue weighted by Gasteiger charge is -2.31. The van der Waals surface area contributed by atoms with E-state index in [-0.39, 0.29) is 24.1 Å². The van der Waals surface area contributed by atoms with Crippen LogP contribution in [0.4, 0.5) is 14.5 Å². The number of primary amides is 1. The summed E-state index contributed by atoms with van der Waals surface area (Å²) in [6, 6.07) is 6.15. The number of anilines is 1. The first-order valence-corrected chi connectivity index (χ1v) is 7.32. The molecule has 1 saturated heterocycles. The van der Waals surface area contributed by atoms with Crippen LogP contribution in [0.1, 0.15) is 12.8 Å². The smallest absolute Gasteiger partial charge is 0.387 e. The SMILES string of the molecule is NC(=O)[C@H]1CCCN(C(=O)CNc2ccccc2OC(F)F)C1. The van der Waals surface area contributed by atoms with E-state index in [4.69, 9.17) is 5.73 Å². The van der Waals surface area contributed by atoms with Gasteiger partial charge in [-0.1, -0.05) is 12.1 Å². The van der Waals surface area contributed by atoms with Crippen molar-refractivity contribution in [3.63, 3.8) is 0 Å². The molecule has 8 heteroatoms. The van der Waals surface area contributed by atoms with Gasteiger partial charge in [0.2, 0.25) is 11.8 Å². The zero-order valence-electron chi connectivity index (χ0n) is 12.5. The summed E-state index contributed by atoms with van der Waals surface area (Å²) in [5.74, 6) is -0.986. The van der Waals surface area contributed by atoms with Crippen LogP contribution in [0.25, 0.3) is 0 Å². The number of likely N-dealkylation sites (tertiary alicyclic amines) is 1. The molecule has 0 radical (unpaired) electrons. The van der Waals surface area contributed by atoms with Crippen molar-refractivity contribution in [2.45, 2.75) is 19.5 Å². The van der Waals surface area contributed by atoms with Crippen LogP contribution < -0.4 is 15.8 Å². The number of rotatable bonds is 6. The summed E-state index contributed by atoms with van der Waals surface area (Å²) in [6.45, 7) is -2.16. The van der Waals surface area contributed by atoms with Crippen LogP contribution in [0.3, 0.4) is 0 Å². The number of para-hydroxylation sites is 2. The van der Waals surface area contributed by atoms with Crippen LogP contribution in [-0.4, -0.2) is 43.0 Å². The van der Waals surface area contributed by atoms with Gasteiger partial charge in [0.15, 0.2) is 0 Å². The number of carbonyl (C=O) groups excluding carboxylic acids is 2. The van der Waals surface area contributed by atoms with Gasteiger partial charge >= 0.3 is 6.61 Å². The molecule has 1 fully saturated rings. The quantitative estimate of drug-likeness (QED) is 0.828. The maximum absolute atomic E-state index is 12.3. The fraction of sp³-hybridized carbons (Fsp3) is 0.467. The molecule has 2 rings (SSSR count). The van der Waals surface area contributed by atoms with Crippen molar-refractivity contribution < 1.29 is 23.1 Å². The zero-order valence-corrected chi connectivity index (χ0v) is 12.5. The number of nitrogens with two attached hydrogens (primary N) is 1. The number of nitrogens with zero attached hydrogens (tertiary/aromatic N) is 1. The summed E-state index contributed by atoms with van der Waals surface area (Å²) in [5.41, 5.74) is 5.59. The summed E-state index contributed by atoms with van der Waals surface area (Å²) in [4.78, 5) is 25.0. The lowest BCUT2D eigenvalue weighted by molar-refractivity contribution is -0.133. The van der Waals surface area contributed by atoms with Crippen molar-refractivity contribution in [1.82, 2.24) is 4.90 Å². The number of ether oxygens (including phenoxy) is 1. The van der Waals surface area contributed by atoms with Gasteiger partial charge in [0.05, 0.1) is 18.2 Å². The molecule has 0 aromatic heterocycles. The molecule has 1 heterocycles. The van der Waals surface area contributed by atoms with Gasteiger partial charge in [0, 0.05) is 13.1 Å². The van der Waals surface area contributed by atoms with Gasteiger partial charge in [-0.15, -0.1) is 0 Å². The van der Waals surface area contributed by atoms with E-state index < -0.39 is 12.5 Å². The molecule has 1 atom stereocenters. The molecule has 1 aromatic rings. The van der Waals surface area contributed by atoms with Crippen molar-refractivity contribution in [3.8, 4) is 5.75 Å². The maximum Gasteiger partial charge on any atom is 0.387 e. The molecular weight excluding hydrogens is 308 g/mol. The van der Waals surface area contributed by atoms with Crippen LogP contribution in [0, 0.1) is 5.92 Å². The number of hydrogen-bond acceptors (Lipinski definition) is 4. The Balaban J connectivity index is 1.93. The lowest BCUT2D eigenvalue weighted by Crippen LogP contribution is -2.46. The summed E-state index contributed by atoms with van der Waals surface area (Å²) in [7, 11) is 0. The third-order valence-electron chi connectivity index (χ3n) is 3.71. The number of alkyl halides is 2. The Morgan fingerprint density at radius 3 is 2.83 bits per heavy atom.